The summed E-state index contributed by atoms with van der Waals surface area (Å²) in [6, 6.07) is 12.8. The van der Waals surface area contributed by atoms with E-state index in [0.29, 0.717) is 12.0 Å². The first-order chi connectivity index (χ1) is 9.59. The van der Waals surface area contributed by atoms with Crippen LogP contribution in [-0.2, 0) is 12.0 Å². The minimum Gasteiger partial charge on any atom is -0.380 e. The van der Waals surface area contributed by atoms with Gasteiger partial charge in [-0.05, 0) is 67.0 Å². The van der Waals surface area contributed by atoms with Crippen LogP contribution in [-0.4, -0.2) is 5.11 Å². The lowest BCUT2D eigenvalue weighted by Gasteiger charge is -2.30. The summed E-state index contributed by atoms with van der Waals surface area (Å²) >= 11 is 0. The van der Waals surface area contributed by atoms with Gasteiger partial charge in [0.25, 0.3) is 0 Å². The summed E-state index contributed by atoms with van der Waals surface area (Å²) in [6.07, 6.45) is 3.63. The quantitative estimate of drug-likeness (QED) is 0.774. The predicted octanol–water partition coefficient (Wildman–Crippen LogP) is 4.10. The number of rotatable bonds is 1. The van der Waals surface area contributed by atoms with Crippen molar-refractivity contribution in [2.45, 2.75) is 38.2 Å². The minimum atomic E-state index is -1.07. The van der Waals surface area contributed by atoms with Gasteiger partial charge in [-0.1, -0.05) is 30.3 Å². The smallest absolute Gasteiger partial charge is 0.123 e. The van der Waals surface area contributed by atoms with Gasteiger partial charge in [0.1, 0.15) is 11.4 Å². The van der Waals surface area contributed by atoms with E-state index in [0.717, 1.165) is 30.4 Å². The standard InChI is InChI=1S/C18H19FO/c1-13-10-15(12-16(19)11-13)18(20)9-5-4-7-14-6-2-3-8-17(14)18/h2-3,6,8,10-12,20H,4-5,7,9H2,1H3. The second-order valence-corrected chi connectivity index (χ2v) is 5.74. The largest absolute Gasteiger partial charge is 0.380 e. The van der Waals surface area contributed by atoms with E-state index >= 15 is 0 Å². The highest BCUT2D eigenvalue weighted by atomic mass is 19.1. The highest BCUT2D eigenvalue weighted by Gasteiger charge is 2.34. The van der Waals surface area contributed by atoms with Crippen molar-refractivity contribution in [3.63, 3.8) is 0 Å². The number of hydrogen-bond acceptors (Lipinski definition) is 1. The molecule has 0 fully saturated rings. The van der Waals surface area contributed by atoms with Crippen LogP contribution in [0.1, 0.15) is 41.5 Å². The number of hydrogen-bond donors (Lipinski definition) is 1. The predicted molar refractivity (Wildman–Crippen MR) is 78.1 cm³/mol. The third-order valence-corrected chi connectivity index (χ3v) is 4.22. The Hall–Kier alpha value is -1.67. The number of aryl methyl sites for hydroxylation is 2. The Labute approximate surface area is 119 Å². The minimum absolute atomic E-state index is 0.282. The fourth-order valence-electron chi connectivity index (χ4n) is 3.25. The highest BCUT2D eigenvalue weighted by Crippen LogP contribution is 2.39. The van der Waals surface area contributed by atoms with Crippen LogP contribution in [0.4, 0.5) is 4.39 Å². The molecule has 1 unspecified atom stereocenters. The maximum Gasteiger partial charge on any atom is 0.123 e. The molecule has 1 atom stereocenters. The molecule has 0 aliphatic heterocycles. The molecule has 1 aliphatic carbocycles. The molecule has 1 N–H and O–H groups in total. The van der Waals surface area contributed by atoms with Gasteiger partial charge >= 0.3 is 0 Å². The van der Waals surface area contributed by atoms with Crippen molar-refractivity contribution in [1.29, 1.82) is 0 Å². The van der Waals surface area contributed by atoms with Crippen LogP contribution in [0.2, 0.25) is 0 Å². The lowest BCUT2D eigenvalue weighted by atomic mass is 9.81. The van der Waals surface area contributed by atoms with Gasteiger partial charge < -0.3 is 5.11 Å². The van der Waals surface area contributed by atoms with E-state index in [1.807, 2.05) is 31.2 Å². The summed E-state index contributed by atoms with van der Waals surface area (Å²) in [7, 11) is 0. The molecular formula is C18H19FO. The average molecular weight is 270 g/mol. The second-order valence-electron chi connectivity index (χ2n) is 5.74. The molecule has 1 aliphatic rings. The lowest BCUT2D eigenvalue weighted by molar-refractivity contribution is 0.0700. The first kappa shape index (κ1) is 13.3. The summed E-state index contributed by atoms with van der Waals surface area (Å²) in [5.41, 5.74) is 2.55. The molecule has 3 rings (SSSR count). The van der Waals surface area contributed by atoms with Crippen LogP contribution >= 0.6 is 0 Å². The zero-order valence-corrected chi connectivity index (χ0v) is 11.7. The Bertz CT molecular complexity index is 615. The lowest BCUT2D eigenvalue weighted by Crippen LogP contribution is -2.27. The molecule has 0 bridgehead atoms. The number of halogens is 1. The third kappa shape index (κ3) is 2.25. The van der Waals surface area contributed by atoms with Crippen LogP contribution in [0.5, 0.6) is 0 Å². The van der Waals surface area contributed by atoms with Gasteiger partial charge in [0.15, 0.2) is 0 Å². The van der Waals surface area contributed by atoms with E-state index < -0.39 is 5.60 Å². The van der Waals surface area contributed by atoms with Crippen LogP contribution in [0, 0.1) is 12.7 Å². The number of benzene rings is 2. The average Bonchev–Trinajstić information content (AvgIpc) is 2.59. The summed E-state index contributed by atoms with van der Waals surface area (Å²) in [4.78, 5) is 0. The maximum atomic E-state index is 13.7. The van der Waals surface area contributed by atoms with E-state index in [4.69, 9.17) is 0 Å². The summed E-state index contributed by atoms with van der Waals surface area (Å²) in [5, 5.41) is 11.3. The Morgan fingerprint density at radius 2 is 1.90 bits per heavy atom. The molecule has 2 aromatic rings. The molecule has 0 aromatic heterocycles. The zero-order chi connectivity index (χ0) is 14.2. The zero-order valence-electron chi connectivity index (χ0n) is 11.7. The molecule has 0 heterocycles. The van der Waals surface area contributed by atoms with Crippen molar-refractivity contribution in [2.24, 2.45) is 0 Å². The van der Waals surface area contributed by atoms with Crippen molar-refractivity contribution in [2.75, 3.05) is 0 Å². The van der Waals surface area contributed by atoms with Crippen molar-refractivity contribution < 1.29 is 9.50 Å². The molecule has 1 nitrogen and oxygen atoms in total. The molecule has 0 spiro atoms. The van der Waals surface area contributed by atoms with Gasteiger partial charge in [0, 0.05) is 0 Å². The topological polar surface area (TPSA) is 20.2 Å². The molecule has 20 heavy (non-hydrogen) atoms. The van der Waals surface area contributed by atoms with Gasteiger partial charge in [0.2, 0.25) is 0 Å². The summed E-state index contributed by atoms with van der Waals surface area (Å²) in [5.74, 6) is -0.282. The van der Waals surface area contributed by atoms with Gasteiger partial charge in [-0.25, -0.2) is 4.39 Å². The van der Waals surface area contributed by atoms with Gasteiger partial charge in [-0.15, -0.1) is 0 Å². The Morgan fingerprint density at radius 1 is 1.10 bits per heavy atom. The maximum absolute atomic E-state index is 13.7. The molecule has 104 valence electrons. The number of aliphatic hydroxyl groups is 1. The molecule has 0 radical (unpaired) electrons. The highest BCUT2D eigenvalue weighted by molar-refractivity contribution is 5.43. The Morgan fingerprint density at radius 3 is 2.70 bits per heavy atom. The summed E-state index contributed by atoms with van der Waals surface area (Å²) in [6.45, 7) is 1.86. The third-order valence-electron chi connectivity index (χ3n) is 4.22. The van der Waals surface area contributed by atoms with E-state index in [1.165, 1.54) is 17.7 Å². The molecule has 0 saturated carbocycles. The number of fused-ring (bicyclic) bond motifs is 1. The fraction of sp³-hybridized carbons (Fsp3) is 0.333. The molecule has 0 amide bonds. The van der Waals surface area contributed by atoms with Crippen LogP contribution in [0.15, 0.2) is 42.5 Å². The Kier molecular flexibility index (Phi) is 3.35. The van der Waals surface area contributed by atoms with Crippen molar-refractivity contribution in [3.05, 3.63) is 70.5 Å². The molecule has 2 aromatic carbocycles. The van der Waals surface area contributed by atoms with Gasteiger partial charge in [0.05, 0.1) is 0 Å². The molecule has 0 saturated heterocycles. The molecular weight excluding hydrogens is 251 g/mol. The monoisotopic (exact) mass is 270 g/mol. The van der Waals surface area contributed by atoms with Crippen LogP contribution in [0.25, 0.3) is 0 Å². The van der Waals surface area contributed by atoms with Gasteiger partial charge in [-0.2, -0.15) is 0 Å². The first-order valence-electron chi connectivity index (χ1n) is 7.18. The SMILES string of the molecule is Cc1cc(F)cc(C2(O)CCCCc3ccccc32)c1. The first-order valence-corrected chi connectivity index (χ1v) is 7.18. The fourth-order valence-corrected chi connectivity index (χ4v) is 3.25. The van der Waals surface area contributed by atoms with E-state index in [-0.39, 0.29) is 5.82 Å². The van der Waals surface area contributed by atoms with Crippen molar-refractivity contribution in [1.82, 2.24) is 0 Å². The van der Waals surface area contributed by atoms with Crippen molar-refractivity contribution in [3.8, 4) is 0 Å². The van der Waals surface area contributed by atoms with Crippen molar-refractivity contribution >= 4 is 0 Å². The van der Waals surface area contributed by atoms with E-state index in [2.05, 4.69) is 6.07 Å². The van der Waals surface area contributed by atoms with E-state index in [9.17, 15) is 9.50 Å². The second kappa shape index (κ2) is 5.02. The Balaban J connectivity index is 2.19. The van der Waals surface area contributed by atoms with Crippen LogP contribution in [0.3, 0.4) is 0 Å². The van der Waals surface area contributed by atoms with Gasteiger partial charge in [-0.3, -0.25) is 0 Å². The van der Waals surface area contributed by atoms with Crippen LogP contribution < -0.4 is 0 Å². The summed E-state index contributed by atoms with van der Waals surface area (Å²) < 4.78 is 13.7. The van der Waals surface area contributed by atoms with E-state index in [1.54, 1.807) is 0 Å². The molecule has 2 heteroatoms. The normalized spacial score (nSPS) is 22.1.